The topological polar surface area (TPSA) is 72.8 Å². The van der Waals surface area contributed by atoms with Crippen molar-refractivity contribution in [2.75, 3.05) is 13.7 Å². The van der Waals surface area contributed by atoms with Gasteiger partial charge in [0, 0.05) is 5.92 Å². The molecule has 0 radical (unpaired) electrons. The molecule has 1 heterocycles. The molecule has 0 spiro atoms. The Labute approximate surface area is 74.9 Å². The van der Waals surface area contributed by atoms with Gasteiger partial charge in [-0.2, -0.15) is 0 Å². The van der Waals surface area contributed by atoms with E-state index in [0.717, 1.165) is 7.11 Å². The molecule has 5 heteroatoms. The average Bonchev–Trinajstić information content (AvgIpc) is 2.44. The van der Waals surface area contributed by atoms with E-state index in [1.165, 1.54) is 0 Å². The number of rotatable bonds is 1. The number of methoxy groups -OCH3 is 1. The molecule has 1 rings (SSSR count). The highest BCUT2D eigenvalue weighted by Crippen LogP contribution is 2.23. The molecule has 1 atom stereocenters. The van der Waals surface area contributed by atoms with Gasteiger partial charge in [-0.05, 0) is 0 Å². The minimum absolute atomic E-state index is 0.00755. The zero-order chi connectivity index (χ0) is 10.0. The van der Waals surface area contributed by atoms with E-state index in [-0.39, 0.29) is 18.1 Å². The number of hydrogen-bond acceptors (Lipinski definition) is 5. The summed E-state index contributed by atoms with van der Waals surface area (Å²) in [6.45, 7) is 1.87. The van der Waals surface area contributed by atoms with Crippen molar-refractivity contribution in [1.82, 2.24) is 0 Å². The Morgan fingerprint density at radius 2 is 2.31 bits per heavy atom. The molecule has 1 aliphatic rings. The van der Waals surface area contributed by atoms with Crippen molar-refractivity contribution in [3.8, 4) is 0 Å². The summed E-state index contributed by atoms with van der Waals surface area (Å²) in [6.07, 6.45) is 0. The fourth-order valence-electron chi connectivity index (χ4n) is 1.10. The summed E-state index contributed by atoms with van der Waals surface area (Å²) >= 11 is 0. The highest BCUT2D eigenvalue weighted by atomic mass is 16.5. The zero-order valence-electron chi connectivity index (χ0n) is 7.36. The maximum absolute atomic E-state index is 11.0. The molecule has 1 aliphatic heterocycles. The minimum atomic E-state index is -0.916. The third kappa shape index (κ3) is 1.63. The quantitative estimate of drug-likeness (QED) is 0.359. The van der Waals surface area contributed by atoms with Crippen LogP contribution in [0.1, 0.15) is 6.92 Å². The summed E-state index contributed by atoms with van der Waals surface area (Å²) in [4.78, 5) is 21.9. The Hall–Kier alpha value is -1.52. The van der Waals surface area contributed by atoms with Crippen LogP contribution in [0.25, 0.3) is 0 Å². The summed E-state index contributed by atoms with van der Waals surface area (Å²) in [6, 6.07) is 0. The number of hydrogen-bond donors (Lipinski definition) is 1. The second kappa shape index (κ2) is 3.47. The molecule has 0 aromatic rings. The molecule has 1 saturated heterocycles. The van der Waals surface area contributed by atoms with Crippen LogP contribution in [0.15, 0.2) is 11.3 Å². The molecule has 1 fully saturated rings. The van der Waals surface area contributed by atoms with Gasteiger partial charge in [0.05, 0.1) is 19.3 Å². The first-order valence-electron chi connectivity index (χ1n) is 3.76. The lowest BCUT2D eigenvalue weighted by molar-refractivity contribution is -0.141. The number of aliphatic hydroxyl groups excluding tert-OH is 1. The van der Waals surface area contributed by atoms with E-state index in [0.29, 0.717) is 0 Å². The van der Waals surface area contributed by atoms with Crippen molar-refractivity contribution in [2.45, 2.75) is 6.92 Å². The van der Waals surface area contributed by atoms with Crippen LogP contribution in [0.3, 0.4) is 0 Å². The van der Waals surface area contributed by atoms with Crippen LogP contribution >= 0.6 is 0 Å². The third-order valence-corrected chi connectivity index (χ3v) is 1.81. The molecule has 0 amide bonds. The van der Waals surface area contributed by atoms with Crippen molar-refractivity contribution >= 4 is 11.9 Å². The maximum Gasteiger partial charge on any atom is 0.373 e. The van der Waals surface area contributed by atoms with Crippen LogP contribution < -0.4 is 0 Å². The summed E-state index contributed by atoms with van der Waals surface area (Å²) in [7, 11) is 1.13. The van der Waals surface area contributed by atoms with Crippen molar-refractivity contribution in [3.63, 3.8) is 0 Å². The number of carbonyl (C=O) groups is 2. The lowest BCUT2D eigenvalue weighted by atomic mass is 10.0. The van der Waals surface area contributed by atoms with Gasteiger partial charge in [-0.1, -0.05) is 6.92 Å². The second-order valence-corrected chi connectivity index (χ2v) is 2.75. The van der Waals surface area contributed by atoms with Crippen LogP contribution in [0.4, 0.5) is 0 Å². The van der Waals surface area contributed by atoms with Crippen molar-refractivity contribution in [1.29, 1.82) is 0 Å². The molecule has 0 bridgehead atoms. The predicted molar refractivity (Wildman–Crippen MR) is 41.8 cm³/mol. The van der Waals surface area contributed by atoms with Crippen LogP contribution in [0.2, 0.25) is 0 Å². The van der Waals surface area contributed by atoms with Gasteiger partial charge < -0.3 is 14.6 Å². The average molecular weight is 186 g/mol. The lowest BCUT2D eigenvalue weighted by Gasteiger charge is -2.02. The zero-order valence-corrected chi connectivity index (χ0v) is 7.36. The van der Waals surface area contributed by atoms with Gasteiger partial charge in [0.1, 0.15) is 0 Å². The van der Waals surface area contributed by atoms with Crippen LogP contribution in [-0.4, -0.2) is 30.8 Å². The van der Waals surface area contributed by atoms with Gasteiger partial charge in [-0.15, -0.1) is 0 Å². The molecule has 1 N–H and O–H groups in total. The van der Waals surface area contributed by atoms with Gasteiger partial charge in [0.15, 0.2) is 0 Å². The molecular weight excluding hydrogens is 176 g/mol. The first kappa shape index (κ1) is 9.57. The van der Waals surface area contributed by atoms with E-state index >= 15 is 0 Å². The number of carbonyl (C=O) groups excluding carboxylic acids is 2. The second-order valence-electron chi connectivity index (χ2n) is 2.75. The molecule has 1 unspecified atom stereocenters. The monoisotopic (exact) mass is 186 g/mol. The van der Waals surface area contributed by atoms with Crippen LogP contribution in [0.5, 0.6) is 0 Å². The first-order valence-corrected chi connectivity index (χ1v) is 3.76. The summed E-state index contributed by atoms with van der Waals surface area (Å²) in [5.41, 5.74) is -0.00755. The Kier molecular flexibility index (Phi) is 2.55. The Balaban J connectivity index is 3.01. The minimum Gasteiger partial charge on any atom is -0.501 e. The number of ether oxygens (including phenoxy) is 2. The van der Waals surface area contributed by atoms with Gasteiger partial charge in [0.25, 0.3) is 0 Å². The predicted octanol–water partition coefficient (Wildman–Crippen LogP) is 0.164. The normalized spacial score (nSPS) is 25.4. The van der Waals surface area contributed by atoms with Crippen molar-refractivity contribution in [3.05, 3.63) is 11.3 Å². The summed E-state index contributed by atoms with van der Waals surface area (Å²) in [5, 5.41) is 9.26. The molecule has 72 valence electrons. The molecule has 0 aromatic heterocycles. The van der Waals surface area contributed by atoms with E-state index in [1.54, 1.807) is 6.92 Å². The highest BCUT2D eigenvalue weighted by Gasteiger charge is 2.33. The Bertz CT molecular complexity index is 278. The lowest BCUT2D eigenvalue weighted by Crippen LogP contribution is -2.12. The van der Waals surface area contributed by atoms with Gasteiger partial charge >= 0.3 is 11.9 Å². The molecule has 0 aromatic carbocycles. The maximum atomic E-state index is 11.0. The molecule has 5 nitrogen and oxygen atoms in total. The van der Waals surface area contributed by atoms with Gasteiger partial charge in [-0.25, -0.2) is 9.59 Å². The molecule has 13 heavy (non-hydrogen) atoms. The molecule has 0 saturated carbocycles. The van der Waals surface area contributed by atoms with Gasteiger partial charge in [0.2, 0.25) is 5.76 Å². The standard InChI is InChI=1S/C8H10O5/c1-4-3-13-7(10)5(4)6(9)8(11)12-2/h4,9H,3H2,1-2H3/b6-5-. The third-order valence-electron chi connectivity index (χ3n) is 1.81. The van der Waals surface area contributed by atoms with E-state index in [1.807, 2.05) is 0 Å². The number of cyclic esters (lactones) is 1. The van der Waals surface area contributed by atoms with Gasteiger partial charge in [-0.3, -0.25) is 0 Å². The molecule has 0 aliphatic carbocycles. The van der Waals surface area contributed by atoms with E-state index < -0.39 is 17.7 Å². The summed E-state index contributed by atoms with van der Waals surface area (Å²) in [5.74, 6) is -2.50. The van der Waals surface area contributed by atoms with Crippen LogP contribution in [0, 0.1) is 5.92 Å². The largest absolute Gasteiger partial charge is 0.501 e. The fraction of sp³-hybridized carbons (Fsp3) is 0.500. The SMILES string of the molecule is COC(=O)/C(O)=C1/C(=O)OCC1C. The fourth-order valence-corrected chi connectivity index (χ4v) is 1.10. The highest BCUT2D eigenvalue weighted by molar-refractivity contribution is 6.00. The van der Waals surface area contributed by atoms with E-state index in [2.05, 4.69) is 9.47 Å². The summed E-state index contributed by atoms with van der Waals surface area (Å²) < 4.78 is 8.90. The molecular formula is C8H10O5. The Morgan fingerprint density at radius 3 is 2.69 bits per heavy atom. The van der Waals surface area contributed by atoms with E-state index in [9.17, 15) is 14.7 Å². The van der Waals surface area contributed by atoms with Crippen LogP contribution in [-0.2, 0) is 19.1 Å². The van der Waals surface area contributed by atoms with E-state index in [4.69, 9.17) is 0 Å². The smallest absolute Gasteiger partial charge is 0.373 e. The first-order chi connectivity index (χ1) is 6.07. The number of aliphatic hydroxyl groups is 1. The number of esters is 2. The van der Waals surface area contributed by atoms with Crippen molar-refractivity contribution in [2.24, 2.45) is 5.92 Å². The van der Waals surface area contributed by atoms with Crippen molar-refractivity contribution < 1.29 is 24.2 Å². The Morgan fingerprint density at radius 1 is 1.69 bits per heavy atom.